The predicted molar refractivity (Wildman–Crippen MR) is 107 cm³/mol. The molecule has 0 atom stereocenters. The average Bonchev–Trinajstić information content (AvgIpc) is 3.18. The van der Waals surface area contributed by atoms with Crippen molar-refractivity contribution in [2.75, 3.05) is 12.8 Å². The van der Waals surface area contributed by atoms with Crippen LogP contribution >= 0.6 is 11.3 Å². The molecular formula is C20H16N4O2S. The summed E-state index contributed by atoms with van der Waals surface area (Å²) in [5, 5.41) is 13.3. The van der Waals surface area contributed by atoms with E-state index in [0.29, 0.717) is 22.6 Å². The lowest BCUT2D eigenvalue weighted by molar-refractivity contribution is 0.408. The molecule has 4 aromatic rings. The molecule has 3 N–H and O–H groups in total. The van der Waals surface area contributed by atoms with E-state index in [9.17, 15) is 5.11 Å². The molecule has 0 spiro atoms. The lowest BCUT2D eigenvalue weighted by atomic mass is 10.0. The Bertz CT molecular complexity index is 1100. The number of nitrogens with zero attached hydrogens (tertiary/aromatic N) is 3. The fourth-order valence-corrected chi connectivity index (χ4v) is 3.56. The number of thiazole rings is 1. The van der Waals surface area contributed by atoms with Crippen LogP contribution in [0.4, 0.5) is 5.95 Å². The number of hydrogen-bond donors (Lipinski definition) is 2. The monoisotopic (exact) mass is 376 g/mol. The largest absolute Gasteiger partial charge is 0.507 e. The number of aromatic nitrogens is 3. The summed E-state index contributed by atoms with van der Waals surface area (Å²) in [5.74, 6) is 0.731. The molecule has 4 rings (SSSR count). The van der Waals surface area contributed by atoms with Gasteiger partial charge in [-0.25, -0.2) is 15.0 Å². The summed E-state index contributed by atoms with van der Waals surface area (Å²) in [6, 6.07) is 15.0. The lowest BCUT2D eigenvalue weighted by Gasteiger charge is -2.10. The first-order valence-corrected chi connectivity index (χ1v) is 9.05. The van der Waals surface area contributed by atoms with Crippen LogP contribution in [0.25, 0.3) is 33.1 Å². The van der Waals surface area contributed by atoms with E-state index in [4.69, 9.17) is 15.5 Å². The third kappa shape index (κ3) is 3.32. The molecule has 0 aliphatic rings. The van der Waals surface area contributed by atoms with Gasteiger partial charge in [-0.3, -0.25) is 0 Å². The van der Waals surface area contributed by atoms with Crippen LogP contribution in [0.15, 0.2) is 60.1 Å². The summed E-state index contributed by atoms with van der Waals surface area (Å²) in [4.78, 5) is 13.2. The van der Waals surface area contributed by atoms with Crippen molar-refractivity contribution in [3.05, 3.63) is 60.1 Å². The molecule has 0 amide bonds. The molecular weight excluding hydrogens is 360 g/mol. The Kier molecular flexibility index (Phi) is 4.43. The molecule has 6 nitrogen and oxygen atoms in total. The average molecular weight is 376 g/mol. The minimum Gasteiger partial charge on any atom is -0.507 e. The summed E-state index contributed by atoms with van der Waals surface area (Å²) >= 11 is 1.54. The zero-order chi connectivity index (χ0) is 18.8. The Morgan fingerprint density at radius 3 is 2.59 bits per heavy atom. The number of hydrogen-bond acceptors (Lipinski definition) is 7. The van der Waals surface area contributed by atoms with Crippen LogP contribution in [0.1, 0.15) is 0 Å². The van der Waals surface area contributed by atoms with Crippen LogP contribution in [0.5, 0.6) is 11.5 Å². The molecule has 0 radical (unpaired) electrons. The Morgan fingerprint density at radius 1 is 1.04 bits per heavy atom. The maximum Gasteiger partial charge on any atom is 0.220 e. The third-order valence-electron chi connectivity index (χ3n) is 4.07. The van der Waals surface area contributed by atoms with Crippen LogP contribution in [-0.4, -0.2) is 27.2 Å². The molecule has 0 fully saturated rings. The van der Waals surface area contributed by atoms with Crippen molar-refractivity contribution in [3.63, 3.8) is 0 Å². The smallest absolute Gasteiger partial charge is 0.220 e. The summed E-state index contributed by atoms with van der Waals surface area (Å²) in [6.07, 6.45) is 1.63. The van der Waals surface area contributed by atoms with Crippen LogP contribution in [0.2, 0.25) is 0 Å². The highest BCUT2D eigenvalue weighted by Crippen LogP contribution is 2.38. The van der Waals surface area contributed by atoms with E-state index in [-0.39, 0.29) is 11.7 Å². The maximum atomic E-state index is 10.4. The van der Waals surface area contributed by atoms with Gasteiger partial charge in [-0.2, -0.15) is 0 Å². The molecule has 7 heteroatoms. The summed E-state index contributed by atoms with van der Waals surface area (Å²) in [7, 11) is 1.54. The van der Waals surface area contributed by atoms with Gasteiger partial charge in [0.05, 0.1) is 18.5 Å². The van der Waals surface area contributed by atoms with Gasteiger partial charge in [0.15, 0.2) is 0 Å². The van der Waals surface area contributed by atoms with Gasteiger partial charge >= 0.3 is 0 Å². The molecule has 0 saturated carbocycles. The highest BCUT2D eigenvalue weighted by atomic mass is 32.1. The first-order valence-electron chi connectivity index (χ1n) is 8.17. The summed E-state index contributed by atoms with van der Waals surface area (Å²) in [6.45, 7) is 0. The highest BCUT2D eigenvalue weighted by Gasteiger charge is 2.17. The van der Waals surface area contributed by atoms with Crippen molar-refractivity contribution in [1.82, 2.24) is 15.0 Å². The standard InChI is InChI=1S/C20H16N4O2S/c1-26-13-7-8-14(17(25)9-13)18-15(10-22-20(21)24-18)16-11-27-19(23-16)12-5-3-2-4-6-12/h2-11,25H,1H3,(H2,21,22,24). The van der Waals surface area contributed by atoms with Gasteiger partial charge in [-0.15, -0.1) is 11.3 Å². The van der Waals surface area contributed by atoms with Crippen molar-refractivity contribution in [2.24, 2.45) is 0 Å². The zero-order valence-corrected chi connectivity index (χ0v) is 15.3. The number of methoxy groups -OCH3 is 1. The summed E-state index contributed by atoms with van der Waals surface area (Å²) in [5.41, 5.74) is 9.32. The SMILES string of the molecule is COc1ccc(-c2nc(N)ncc2-c2csc(-c3ccccc3)n2)c(O)c1. The Hall–Kier alpha value is -3.45. The molecule has 0 saturated heterocycles. The zero-order valence-electron chi connectivity index (χ0n) is 14.5. The normalized spacial score (nSPS) is 10.7. The second-order valence-electron chi connectivity index (χ2n) is 5.78. The summed E-state index contributed by atoms with van der Waals surface area (Å²) < 4.78 is 5.15. The van der Waals surface area contributed by atoms with Crippen molar-refractivity contribution < 1.29 is 9.84 Å². The maximum absolute atomic E-state index is 10.4. The fraction of sp³-hybridized carbons (Fsp3) is 0.0500. The Labute approximate surface area is 160 Å². The number of phenols is 1. The quantitative estimate of drug-likeness (QED) is 0.553. The first-order chi connectivity index (χ1) is 13.2. The van der Waals surface area contributed by atoms with Crippen LogP contribution in [0, 0.1) is 0 Å². The molecule has 0 aliphatic carbocycles. The highest BCUT2D eigenvalue weighted by molar-refractivity contribution is 7.13. The molecule has 2 aromatic carbocycles. The van der Waals surface area contributed by atoms with Crippen molar-refractivity contribution in [3.8, 4) is 44.6 Å². The van der Waals surface area contributed by atoms with Crippen molar-refractivity contribution in [2.45, 2.75) is 0 Å². The van der Waals surface area contributed by atoms with Gasteiger partial charge < -0.3 is 15.6 Å². The number of ether oxygens (including phenoxy) is 1. The lowest BCUT2D eigenvalue weighted by Crippen LogP contribution is -1.99. The molecule has 0 aliphatic heterocycles. The van der Waals surface area contributed by atoms with Crippen molar-refractivity contribution in [1.29, 1.82) is 0 Å². The van der Waals surface area contributed by atoms with Crippen LogP contribution in [0.3, 0.4) is 0 Å². The van der Waals surface area contributed by atoms with Gasteiger partial charge in [-0.05, 0) is 12.1 Å². The minimum absolute atomic E-state index is 0.0483. The van der Waals surface area contributed by atoms with Gasteiger partial charge in [0.25, 0.3) is 0 Å². The number of rotatable bonds is 4. The number of nitrogens with two attached hydrogens (primary N) is 1. The van der Waals surface area contributed by atoms with E-state index in [1.54, 1.807) is 25.4 Å². The Morgan fingerprint density at radius 2 is 1.85 bits per heavy atom. The van der Waals surface area contributed by atoms with Crippen LogP contribution in [-0.2, 0) is 0 Å². The third-order valence-corrected chi connectivity index (χ3v) is 4.96. The van der Waals surface area contributed by atoms with E-state index in [0.717, 1.165) is 16.3 Å². The topological polar surface area (TPSA) is 94.2 Å². The Balaban J connectivity index is 1.82. The molecule has 134 valence electrons. The van der Waals surface area contributed by atoms with Crippen molar-refractivity contribution >= 4 is 17.3 Å². The molecule has 27 heavy (non-hydrogen) atoms. The number of phenolic OH excluding ortho intramolecular Hbond substituents is 1. The minimum atomic E-state index is 0.0483. The van der Waals surface area contributed by atoms with E-state index in [1.165, 1.54) is 17.4 Å². The number of nitrogen functional groups attached to an aromatic ring is 1. The van der Waals surface area contributed by atoms with Gasteiger partial charge in [0.2, 0.25) is 5.95 Å². The first kappa shape index (κ1) is 17.0. The van der Waals surface area contributed by atoms with Gasteiger partial charge in [0, 0.05) is 34.3 Å². The van der Waals surface area contributed by atoms with E-state index in [2.05, 4.69) is 9.97 Å². The molecule has 0 unspecified atom stereocenters. The molecule has 2 heterocycles. The van der Waals surface area contributed by atoms with E-state index < -0.39 is 0 Å². The number of aromatic hydroxyl groups is 1. The fourth-order valence-electron chi connectivity index (χ4n) is 2.74. The van der Waals surface area contributed by atoms with E-state index >= 15 is 0 Å². The second kappa shape index (κ2) is 7.05. The number of anilines is 1. The molecule has 2 aromatic heterocycles. The molecule has 0 bridgehead atoms. The number of benzene rings is 2. The van der Waals surface area contributed by atoms with Gasteiger partial charge in [0.1, 0.15) is 16.5 Å². The predicted octanol–water partition coefficient (Wildman–Crippen LogP) is 4.23. The van der Waals surface area contributed by atoms with Gasteiger partial charge in [-0.1, -0.05) is 30.3 Å². The second-order valence-corrected chi connectivity index (χ2v) is 6.64. The van der Waals surface area contributed by atoms with Crippen LogP contribution < -0.4 is 10.5 Å². The van der Waals surface area contributed by atoms with E-state index in [1.807, 2.05) is 35.7 Å².